The number of hydrogen-bond donors (Lipinski definition) is 1. The Bertz CT molecular complexity index is 401. The predicted octanol–water partition coefficient (Wildman–Crippen LogP) is 1.26. The first kappa shape index (κ1) is 14.4. The third kappa shape index (κ3) is 3.96. The van der Waals surface area contributed by atoms with Crippen LogP contribution in [0.15, 0.2) is 24.4 Å². The number of thiocarbonyl (C=S) groups is 1. The van der Waals surface area contributed by atoms with E-state index in [1.54, 1.807) is 0 Å². The zero-order valence-corrected chi connectivity index (χ0v) is 12.3. The second-order valence-electron chi connectivity index (χ2n) is 4.96. The average molecular weight is 278 g/mol. The lowest BCUT2D eigenvalue weighted by atomic mass is 10.1. The highest BCUT2D eigenvalue weighted by Gasteiger charge is 2.24. The summed E-state index contributed by atoms with van der Waals surface area (Å²) in [4.78, 5) is 9.84. The highest BCUT2D eigenvalue weighted by Crippen LogP contribution is 2.11. The van der Waals surface area contributed by atoms with Crippen molar-refractivity contribution in [2.75, 3.05) is 26.2 Å². The zero-order chi connectivity index (χ0) is 13.7. The van der Waals surface area contributed by atoms with Crippen LogP contribution in [0.25, 0.3) is 0 Å². The van der Waals surface area contributed by atoms with Gasteiger partial charge in [-0.25, -0.2) is 0 Å². The summed E-state index contributed by atoms with van der Waals surface area (Å²) in [7, 11) is 0. The fraction of sp³-hybridized carbons (Fsp3) is 0.571. The fourth-order valence-corrected chi connectivity index (χ4v) is 2.91. The van der Waals surface area contributed by atoms with E-state index in [1.165, 1.54) is 0 Å². The predicted molar refractivity (Wildman–Crippen MR) is 82.0 cm³/mol. The molecule has 1 aliphatic rings. The SMILES string of the molecule is CCC(C(N)=S)N1CCN(Cc2ccccn2)CC1. The molecule has 4 nitrogen and oxygen atoms in total. The van der Waals surface area contributed by atoms with E-state index < -0.39 is 0 Å². The Morgan fingerprint density at radius 2 is 2.11 bits per heavy atom. The Labute approximate surface area is 120 Å². The van der Waals surface area contributed by atoms with Gasteiger partial charge in [0.2, 0.25) is 0 Å². The molecule has 1 aliphatic heterocycles. The Morgan fingerprint density at radius 3 is 2.63 bits per heavy atom. The highest BCUT2D eigenvalue weighted by atomic mass is 32.1. The molecule has 0 spiro atoms. The first-order valence-electron chi connectivity index (χ1n) is 6.86. The number of piperazine rings is 1. The first-order valence-corrected chi connectivity index (χ1v) is 7.27. The molecule has 1 atom stereocenters. The van der Waals surface area contributed by atoms with Crippen LogP contribution < -0.4 is 5.73 Å². The minimum Gasteiger partial charge on any atom is -0.392 e. The summed E-state index contributed by atoms with van der Waals surface area (Å²) >= 11 is 5.14. The molecule has 1 aromatic rings. The maximum Gasteiger partial charge on any atom is 0.0901 e. The Balaban J connectivity index is 1.84. The molecule has 2 heterocycles. The van der Waals surface area contributed by atoms with Gasteiger partial charge in [0.15, 0.2) is 0 Å². The van der Waals surface area contributed by atoms with Gasteiger partial charge in [0.25, 0.3) is 0 Å². The van der Waals surface area contributed by atoms with Crippen LogP contribution in [0.3, 0.4) is 0 Å². The van der Waals surface area contributed by atoms with Crippen molar-refractivity contribution in [2.45, 2.75) is 25.9 Å². The van der Waals surface area contributed by atoms with E-state index in [1.807, 2.05) is 18.3 Å². The van der Waals surface area contributed by atoms with Gasteiger partial charge in [-0.2, -0.15) is 0 Å². The van der Waals surface area contributed by atoms with Crippen molar-refractivity contribution in [3.63, 3.8) is 0 Å². The summed E-state index contributed by atoms with van der Waals surface area (Å²) in [6.45, 7) is 7.24. The van der Waals surface area contributed by atoms with Crippen molar-refractivity contribution < 1.29 is 0 Å². The van der Waals surface area contributed by atoms with Crippen molar-refractivity contribution in [1.82, 2.24) is 14.8 Å². The monoisotopic (exact) mass is 278 g/mol. The molecule has 5 heteroatoms. The van der Waals surface area contributed by atoms with E-state index in [0.29, 0.717) is 4.99 Å². The van der Waals surface area contributed by atoms with Crippen LogP contribution in [-0.4, -0.2) is 52.0 Å². The lowest BCUT2D eigenvalue weighted by Crippen LogP contribution is -2.53. The van der Waals surface area contributed by atoms with Crippen LogP contribution in [-0.2, 0) is 6.54 Å². The summed E-state index contributed by atoms with van der Waals surface area (Å²) in [5.74, 6) is 0. The largest absolute Gasteiger partial charge is 0.392 e. The van der Waals surface area contributed by atoms with Crippen molar-refractivity contribution in [3.8, 4) is 0 Å². The molecule has 1 saturated heterocycles. The molecule has 104 valence electrons. The van der Waals surface area contributed by atoms with Crippen LogP contribution in [0.2, 0.25) is 0 Å². The van der Waals surface area contributed by atoms with Crippen LogP contribution in [0.1, 0.15) is 19.0 Å². The molecule has 2 rings (SSSR count). The van der Waals surface area contributed by atoms with Gasteiger partial charge in [-0.15, -0.1) is 0 Å². The molecule has 1 fully saturated rings. The topological polar surface area (TPSA) is 45.4 Å². The fourth-order valence-electron chi connectivity index (χ4n) is 2.59. The van der Waals surface area contributed by atoms with Gasteiger partial charge in [0, 0.05) is 38.9 Å². The molecule has 1 unspecified atom stereocenters. The van der Waals surface area contributed by atoms with Gasteiger partial charge in [-0.05, 0) is 18.6 Å². The Kier molecular flexibility index (Phi) is 5.24. The van der Waals surface area contributed by atoms with Crippen LogP contribution in [0.4, 0.5) is 0 Å². The number of hydrogen-bond acceptors (Lipinski definition) is 4. The third-order valence-electron chi connectivity index (χ3n) is 3.67. The molecule has 2 N–H and O–H groups in total. The quantitative estimate of drug-likeness (QED) is 0.822. The summed E-state index contributed by atoms with van der Waals surface area (Å²) in [6.07, 6.45) is 2.85. The second-order valence-corrected chi connectivity index (χ2v) is 5.43. The lowest BCUT2D eigenvalue weighted by Gasteiger charge is -2.38. The van der Waals surface area contributed by atoms with Crippen molar-refractivity contribution in [1.29, 1.82) is 0 Å². The maximum atomic E-state index is 5.80. The molecule has 0 aromatic carbocycles. The third-order valence-corrected chi connectivity index (χ3v) is 3.95. The summed E-state index contributed by atoms with van der Waals surface area (Å²) in [6, 6.07) is 6.33. The van der Waals surface area contributed by atoms with Gasteiger partial charge >= 0.3 is 0 Å². The summed E-state index contributed by atoms with van der Waals surface area (Å²) in [5, 5.41) is 0. The summed E-state index contributed by atoms with van der Waals surface area (Å²) < 4.78 is 0. The minimum atomic E-state index is 0.256. The van der Waals surface area contributed by atoms with Gasteiger partial charge in [0.05, 0.1) is 16.7 Å². The van der Waals surface area contributed by atoms with E-state index in [9.17, 15) is 0 Å². The standard InChI is InChI=1S/C14H22N4S/c1-2-13(14(15)19)18-9-7-17(8-10-18)11-12-5-3-4-6-16-12/h3-6,13H,2,7-11H2,1H3,(H2,15,19). The maximum absolute atomic E-state index is 5.80. The average Bonchev–Trinajstić information content (AvgIpc) is 2.42. The van der Waals surface area contributed by atoms with Crippen LogP contribution >= 0.6 is 12.2 Å². The molecule has 0 saturated carbocycles. The van der Waals surface area contributed by atoms with E-state index >= 15 is 0 Å². The number of nitrogens with zero attached hydrogens (tertiary/aromatic N) is 3. The minimum absolute atomic E-state index is 0.256. The van der Waals surface area contributed by atoms with Gasteiger partial charge in [-0.1, -0.05) is 25.2 Å². The number of nitrogens with two attached hydrogens (primary N) is 1. The first-order chi connectivity index (χ1) is 9.20. The number of aromatic nitrogens is 1. The van der Waals surface area contributed by atoms with E-state index in [-0.39, 0.29) is 6.04 Å². The van der Waals surface area contributed by atoms with Crippen LogP contribution in [0, 0.1) is 0 Å². The molecule has 0 radical (unpaired) electrons. The smallest absolute Gasteiger partial charge is 0.0901 e. The molecular weight excluding hydrogens is 256 g/mol. The number of pyridine rings is 1. The Morgan fingerprint density at radius 1 is 1.37 bits per heavy atom. The normalized spacial score (nSPS) is 19.2. The Hall–Kier alpha value is -1.04. The lowest BCUT2D eigenvalue weighted by molar-refractivity contribution is 0.111. The molecule has 0 bridgehead atoms. The molecule has 0 aliphatic carbocycles. The van der Waals surface area contributed by atoms with Gasteiger partial charge in [-0.3, -0.25) is 14.8 Å². The van der Waals surface area contributed by atoms with Crippen molar-refractivity contribution >= 4 is 17.2 Å². The second kappa shape index (κ2) is 6.93. The zero-order valence-electron chi connectivity index (χ0n) is 11.5. The van der Waals surface area contributed by atoms with Gasteiger partial charge in [0.1, 0.15) is 0 Å². The highest BCUT2D eigenvalue weighted by molar-refractivity contribution is 7.80. The van der Waals surface area contributed by atoms with Crippen LogP contribution in [0.5, 0.6) is 0 Å². The number of rotatable bonds is 5. The van der Waals surface area contributed by atoms with Crippen molar-refractivity contribution in [3.05, 3.63) is 30.1 Å². The van der Waals surface area contributed by atoms with E-state index in [4.69, 9.17) is 18.0 Å². The van der Waals surface area contributed by atoms with E-state index in [2.05, 4.69) is 27.8 Å². The summed E-state index contributed by atoms with van der Waals surface area (Å²) in [5.41, 5.74) is 6.94. The molecular formula is C14H22N4S. The van der Waals surface area contributed by atoms with E-state index in [0.717, 1.165) is 44.8 Å². The molecule has 0 amide bonds. The van der Waals surface area contributed by atoms with Crippen molar-refractivity contribution in [2.24, 2.45) is 5.73 Å². The molecule has 19 heavy (non-hydrogen) atoms. The van der Waals surface area contributed by atoms with Gasteiger partial charge < -0.3 is 5.73 Å². The molecule has 1 aromatic heterocycles.